The van der Waals surface area contributed by atoms with Gasteiger partial charge in [0.25, 0.3) is 0 Å². The van der Waals surface area contributed by atoms with Gasteiger partial charge in [-0.15, -0.1) is 0 Å². The number of rotatable bonds is 5. The molecule has 0 spiro atoms. The van der Waals surface area contributed by atoms with Crippen LogP contribution in [0.4, 0.5) is 40.7 Å². The van der Waals surface area contributed by atoms with Crippen molar-refractivity contribution in [3.63, 3.8) is 0 Å². The number of alkyl halides is 3. The fourth-order valence-corrected chi connectivity index (χ4v) is 2.54. The van der Waals surface area contributed by atoms with E-state index in [1.807, 2.05) is 20.8 Å². The molecule has 0 aliphatic heterocycles. The molecule has 3 aromatic rings. The number of hydrogen-bond acceptors (Lipinski definition) is 5. The second-order valence-electron chi connectivity index (χ2n) is 7.45. The lowest BCUT2D eigenvalue weighted by molar-refractivity contribution is -0.137. The van der Waals surface area contributed by atoms with Crippen LogP contribution in [0.1, 0.15) is 26.3 Å². The van der Waals surface area contributed by atoms with Crippen LogP contribution >= 0.6 is 0 Å². The maximum absolute atomic E-state index is 13.4. The minimum atomic E-state index is -4.68. The standard InChI is InChI=1S/C21H20F4N4O/c1-20(2,3)30-16-9-7-14(8-10-16)28-19-26-12-17(21(23,24)25)18(29-19)27-15-6-4-5-13(22)11-15/h4-12H,1-3H3,(H2,26,27,28,29). The molecule has 1 heterocycles. The Balaban J connectivity index is 1.85. The number of aromatic nitrogens is 2. The molecule has 9 heteroatoms. The van der Waals surface area contributed by atoms with Gasteiger partial charge in [-0.05, 0) is 63.2 Å². The zero-order chi connectivity index (χ0) is 21.9. The van der Waals surface area contributed by atoms with Crippen molar-refractivity contribution in [3.8, 4) is 5.75 Å². The summed E-state index contributed by atoms with van der Waals surface area (Å²) in [5, 5.41) is 5.36. The highest BCUT2D eigenvalue weighted by Gasteiger charge is 2.35. The summed E-state index contributed by atoms with van der Waals surface area (Å²) < 4.78 is 59.1. The van der Waals surface area contributed by atoms with E-state index in [9.17, 15) is 17.6 Å². The Labute approximate surface area is 171 Å². The lowest BCUT2D eigenvalue weighted by Gasteiger charge is -2.21. The van der Waals surface area contributed by atoms with Gasteiger partial charge in [-0.3, -0.25) is 0 Å². The molecular formula is C21H20F4N4O. The largest absolute Gasteiger partial charge is 0.488 e. The fraction of sp³-hybridized carbons (Fsp3) is 0.238. The highest BCUT2D eigenvalue weighted by Crippen LogP contribution is 2.35. The predicted molar refractivity (Wildman–Crippen MR) is 107 cm³/mol. The van der Waals surface area contributed by atoms with Crippen LogP contribution in [0.2, 0.25) is 0 Å². The van der Waals surface area contributed by atoms with Crippen LogP contribution < -0.4 is 15.4 Å². The van der Waals surface area contributed by atoms with Crippen LogP contribution in [-0.4, -0.2) is 15.6 Å². The lowest BCUT2D eigenvalue weighted by atomic mass is 10.2. The van der Waals surface area contributed by atoms with Crippen molar-refractivity contribution < 1.29 is 22.3 Å². The van der Waals surface area contributed by atoms with Crippen molar-refractivity contribution >= 4 is 23.1 Å². The van der Waals surface area contributed by atoms with Gasteiger partial charge in [-0.25, -0.2) is 9.37 Å². The Bertz CT molecular complexity index is 1010. The Morgan fingerprint density at radius 2 is 1.60 bits per heavy atom. The van der Waals surface area contributed by atoms with Crippen LogP contribution in [0, 0.1) is 5.82 Å². The third kappa shape index (κ3) is 5.82. The number of nitrogens with one attached hydrogen (secondary N) is 2. The zero-order valence-corrected chi connectivity index (χ0v) is 16.5. The van der Waals surface area contributed by atoms with Crippen molar-refractivity contribution in [2.75, 3.05) is 10.6 Å². The zero-order valence-electron chi connectivity index (χ0n) is 16.5. The first-order valence-electron chi connectivity index (χ1n) is 9.02. The third-order valence-corrected chi connectivity index (χ3v) is 3.72. The van der Waals surface area contributed by atoms with E-state index in [2.05, 4.69) is 20.6 Å². The number of benzene rings is 2. The second kappa shape index (κ2) is 8.17. The molecule has 0 unspecified atom stereocenters. The molecule has 0 saturated heterocycles. The van der Waals surface area contributed by atoms with Gasteiger partial charge in [0.15, 0.2) is 0 Å². The molecule has 2 aromatic carbocycles. The SMILES string of the molecule is CC(C)(C)Oc1ccc(Nc2ncc(C(F)(F)F)c(Nc3cccc(F)c3)n2)cc1. The lowest BCUT2D eigenvalue weighted by Crippen LogP contribution is -2.22. The van der Waals surface area contributed by atoms with E-state index in [0.29, 0.717) is 17.6 Å². The first kappa shape index (κ1) is 21.4. The monoisotopic (exact) mass is 420 g/mol. The van der Waals surface area contributed by atoms with Gasteiger partial charge in [-0.2, -0.15) is 18.2 Å². The topological polar surface area (TPSA) is 59.1 Å². The first-order chi connectivity index (χ1) is 14.0. The predicted octanol–water partition coefficient (Wildman–Crippen LogP) is 6.30. The number of hydrogen-bond donors (Lipinski definition) is 2. The summed E-state index contributed by atoms with van der Waals surface area (Å²) in [6.45, 7) is 5.76. The smallest absolute Gasteiger partial charge is 0.421 e. The third-order valence-electron chi connectivity index (χ3n) is 3.72. The molecule has 0 aliphatic carbocycles. The normalized spacial score (nSPS) is 11.8. The number of ether oxygens (including phenoxy) is 1. The van der Waals surface area contributed by atoms with Crippen LogP contribution in [0.15, 0.2) is 54.7 Å². The summed E-state index contributed by atoms with van der Waals surface area (Å²) in [7, 11) is 0. The Hall–Kier alpha value is -3.36. The molecule has 2 N–H and O–H groups in total. The summed E-state index contributed by atoms with van der Waals surface area (Å²) >= 11 is 0. The molecule has 1 aromatic heterocycles. The highest BCUT2D eigenvalue weighted by molar-refractivity contribution is 5.63. The molecule has 0 bridgehead atoms. The van der Waals surface area contributed by atoms with Crippen molar-refractivity contribution in [3.05, 3.63) is 66.1 Å². The van der Waals surface area contributed by atoms with Crippen LogP contribution in [0.5, 0.6) is 5.75 Å². The van der Waals surface area contributed by atoms with Crippen LogP contribution in [0.3, 0.4) is 0 Å². The summed E-state index contributed by atoms with van der Waals surface area (Å²) in [6.07, 6.45) is -4.01. The molecule has 30 heavy (non-hydrogen) atoms. The molecule has 3 rings (SSSR count). The van der Waals surface area contributed by atoms with E-state index < -0.39 is 23.4 Å². The molecule has 0 amide bonds. The molecular weight excluding hydrogens is 400 g/mol. The first-order valence-corrected chi connectivity index (χ1v) is 9.02. The van der Waals surface area contributed by atoms with Crippen LogP contribution in [0.25, 0.3) is 0 Å². The quantitative estimate of drug-likeness (QED) is 0.475. The van der Waals surface area contributed by atoms with E-state index in [1.165, 1.54) is 18.2 Å². The summed E-state index contributed by atoms with van der Waals surface area (Å²) in [5.74, 6) is -0.474. The average molecular weight is 420 g/mol. The Kier molecular flexibility index (Phi) is 5.82. The van der Waals surface area contributed by atoms with Gasteiger partial charge in [0.1, 0.15) is 28.5 Å². The van der Waals surface area contributed by atoms with E-state index in [4.69, 9.17) is 4.74 Å². The van der Waals surface area contributed by atoms with Crippen molar-refractivity contribution in [1.82, 2.24) is 9.97 Å². The second-order valence-corrected chi connectivity index (χ2v) is 7.45. The summed E-state index contributed by atoms with van der Waals surface area (Å²) in [5.41, 5.74) is -0.726. The van der Waals surface area contributed by atoms with Gasteiger partial charge in [-0.1, -0.05) is 6.07 Å². The number of halogens is 4. The van der Waals surface area contributed by atoms with Gasteiger partial charge in [0.05, 0.1) is 0 Å². The van der Waals surface area contributed by atoms with Crippen molar-refractivity contribution in [2.45, 2.75) is 32.5 Å². The summed E-state index contributed by atoms with van der Waals surface area (Å²) in [6, 6.07) is 11.9. The molecule has 0 atom stereocenters. The van der Waals surface area contributed by atoms with Crippen molar-refractivity contribution in [1.29, 1.82) is 0 Å². The number of nitrogens with zero attached hydrogens (tertiary/aromatic N) is 2. The fourth-order valence-electron chi connectivity index (χ4n) is 2.54. The van der Waals surface area contributed by atoms with E-state index in [0.717, 1.165) is 6.07 Å². The van der Waals surface area contributed by atoms with Gasteiger partial charge in [0.2, 0.25) is 5.95 Å². The Morgan fingerprint density at radius 1 is 0.900 bits per heavy atom. The van der Waals surface area contributed by atoms with Gasteiger partial charge >= 0.3 is 6.18 Å². The molecule has 0 radical (unpaired) electrons. The maximum Gasteiger partial charge on any atom is 0.421 e. The van der Waals surface area contributed by atoms with E-state index in [-0.39, 0.29) is 17.2 Å². The molecule has 0 fully saturated rings. The average Bonchev–Trinajstić information content (AvgIpc) is 2.61. The molecule has 158 valence electrons. The molecule has 0 saturated carbocycles. The van der Waals surface area contributed by atoms with Gasteiger partial charge in [0, 0.05) is 17.6 Å². The van der Waals surface area contributed by atoms with Gasteiger partial charge < -0.3 is 15.4 Å². The number of anilines is 4. The minimum absolute atomic E-state index is 0.0496. The summed E-state index contributed by atoms with van der Waals surface area (Å²) in [4.78, 5) is 7.69. The minimum Gasteiger partial charge on any atom is -0.488 e. The molecule has 0 aliphatic rings. The van der Waals surface area contributed by atoms with E-state index in [1.54, 1.807) is 24.3 Å². The van der Waals surface area contributed by atoms with Crippen LogP contribution in [-0.2, 0) is 6.18 Å². The Morgan fingerprint density at radius 3 is 2.20 bits per heavy atom. The van der Waals surface area contributed by atoms with E-state index >= 15 is 0 Å². The maximum atomic E-state index is 13.4. The molecule has 5 nitrogen and oxygen atoms in total. The van der Waals surface area contributed by atoms with Crippen molar-refractivity contribution in [2.24, 2.45) is 0 Å². The highest BCUT2D eigenvalue weighted by atomic mass is 19.4.